The van der Waals surface area contributed by atoms with Gasteiger partial charge in [0.25, 0.3) is 5.17 Å². The van der Waals surface area contributed by atoms with E-state index in [0.29, 0.717) is 6.61 Å². The number of nitrogens with one attached hydrogen (secondary N) is 1. The van der Waals surface area contributed by atoms with E-state index < -0.39 is 12.0 Å². The quantitative estimate of drug-likeness (QED) is 0.610. The Balaban J connectivity index is 3.66. The summed E-state index contributed by atoms with van der Waals surface area (Å²) in [5.74, 6) is -0.952. The van der Waals surface area contributed by atoms with Crippen molar-refractivity contribution in [1.82, 2.24) is 5.32 Å². The van der Waals surface area contributed by atoms with E-state index >= 15 is 0 Å². The SMILES string of the molecule is CCOC(=S)NC(C)C(=O)O. The molecular weight excluding hydrogens is 166 g/mol. The number of carboxylic acid groups (broad SMARTS) is 1. The smallest absolute Gasteiger partial charge is 0.325 e. The van der Waals surface area contributed by atoms with Crippen LogP contribution in [-0.2, 0) is 9.53 Å². The normalized spacial score (nSPS) is 11.8. The molecule has 0 aromatic heterocycles. The van der Waals surface area contributed by atoms with Crippen molar-refractivity contribution in [3.05, 3.63) is 0 Å². The number of hydrogen-bond acceptors (Lipinski definition) is 3. The lowest BCUT2D eigenvalue weighted by atomic mass is 10.4. The van der Waals surface area contributed by atoms with Crippen LogP contribution in [0.3, 0.4) is 0 Å². The first-order chi connectivity index (χ1) is 5.07. The highest BCUT2D eigenvalue weighted by Gasteiger charge is 2.11. The van der Waals surface area contributed by atoms with E-state index in [4.69, 9.17) is 9.84 Å². The highest BCUT2D eigenvalue weighted by molar-refractivity contribution is 7.80. The summed E-state index contributed by atoms with van der Waals surface area (Å²) >= 11 is 4.65. The number of hydrogen-bond donors (Lipinski definition) is 2. The van der Waals surface area contributed by atoms with Crippen LogP contribution in [0.1, 0.15) is 13.8 Å². The van der Waals surface area contributed by atoms with Gasteiger partial charge in [0, 0.05) is 0 Å². The van der Waals surface area contributed by atoms with Gasteiger partial charge >= 0.3 is 5.97 Å². The third kappa shape index (κ3) is 4.55. The summed E-state index contributed by atoms with van der Waals surface area (Å²) in [4.78, 5) is 10.3. The Bertz CT molecular complexity index is 160. The zero-order valence-corrected chi connectivity index (χ0v) is 7.27. The van der Waals surface area contributed by atoms with Crippen LogP contribution in [0.5, 0.6) is 0 Å². The number of thiocarbonyl (C=S) groups is 1. The highest BCUT2D eigenvalue weighted by Crippen LogP contribution is 1.84. The molecule has 4 nitrogen and oxygen atoms in total. The lowest BCUT2D eigenvalue weighted by Gasteiger charge is -2.10. The predicted molar refractivity (Wildman–Crippen MR) is 44.5 cm³/mol. The molecule has 0 aliphatic carbocycles. The molecule has 1 unspecified atom stereocenters. The minimum atomic E-state index is -0.952. The molecule has 1 atom stereocenters. The van der Waals surface area contributed by atoms with Crippen LogP contribution < -0.4 is 5.32 Å². The average Bonchev–Trinajstić information content (AvgIpc) is 1.87. The summed E-state index contributed by atoms with van der Waals surface area (Å²) in [6, 6.07) is -0.700. The molecule has 0 saturated carbocycles. The topological polar surface area (TPSA) is 58.6 Å². The Morgan fingerprint density at radius 1 is 1.82 bits per heavy atom. The molecule has 0 rings (SSSR count). The molecule has 5 heteroatoms. The molecule has 2 N–H and O–H groups in total. The van der Waals surface area contributed by atoms with Crippen molar-refractivity contribution < 1.29 is 14.6 Å². The maximum absolute atomic E-state index is 10.3. The van der Waals surface area contributed by atoms with E-state index in [2.05, 4.69) is 17.5 Å². The fourth-order valence-corrected chi connectivity index (χ4v) is 0.706. The third-order valence-electron chi connectivity index (χ3n) is 0.980. The van der Waals surface area contributed by atoms with Crippen LogP contribution in [-0.4, -0.2) is 28.9 Å². The van der Waals surface area contributed by atoms with Crippen LogP contribution >= 0.6 is 12.2 Å². The van der Waals surface area contributed by atoms with E-state index in [1.54, 1.807) is 6.92 Å². The number of carboxylic acids is 1. The summed E-state index contributed by atoms with van der Waals surface area (Å²) in [5, 5.41) is 11.0. The zero-order chi connectivity index (χ0) is 8.85. The van der Waals surface area contributed by atoms with E-state index in [9.17, 15) is 4.79 Å². The minimum Gasteiger partial charge on any atom is -0.480 e. The first-order valence-electron chi connectivity index (χ1n) is 3.24. The second kappa shape index (κ2) is 4.90. The van der Waals surface area contributed by atoms with Gasteiger partial charge in [0.15, 0.2) is 0 Å². The largest absolute Gasteiger partial charge is 0.480 e. The molecule has 0 amide bonds. The highest BCUT2D eigenvalue weighted by atomic mass is 32.1. The summed E-state index contributed by atoms with van der Waals surface area (Å²) in [5.41, 5.74) is 0. The number of ether oxygens (including phenoxy) is 1. The molecule has 11 heavy (non-hydrogen) atoms. The van der Waals surface area contributed by atoms with Gasteiger partial charge in [-0.3, -0.25) is 4.79 Å². The Morgan fingerprint density at radius 3 is 2.73 bits per heavy atom. The molecule has 0 aromatic rings. The molecule has 0 aromatic carbocycles. The Kier molecular flexibility index (Phi) is 4.52. The first kappa shape index (κ1) is 10.2. The maximum atomic E-state index is 10.3. The van der Waals surface area contributed by atoms with Gasteiger partial charge in [-0.15, -0.1) is 0 Å². The standard InChI is InChI=1S/C6H11NO3S/c1-3-10-6(11)7-4(2)5(8)9/h4H,3H2,1-2H3,(H,7,11)(H,8,9). The molecule has 0 fully saturated rings. The molecule has 0 aliphatic rings. The Morgan fingerprint density at radius 2 is 2.36 bits per heavy atom. The van der Waals surface area contributed by atoms with Gasteiger partial charge in [0.2, 0.25) is 0 Å². The van der Waals surface area contributed by atoms with Crippen molar-refractivity contribution in [2.45, 2.75) is 19.9 Å². The van der Waals surface area contributed by atoms with Gasteiger partial charge in [-0.2, -0.15) is 0 Å². The number of aliphatic carboxylic acids is 1. The average molecular weight is 177 g/mol. The number of rotatable bonds is 3. The van der Waals surface area contributed by atoms with Crippen molar-refractivity contribution in [1.29, 1.82) is 0 Å². The molecule has 0 saturated heterocycles. The van der Waals surface area contributed by atoms with Crippen LogP contribution in [0, 0.1) is 0 Å². The Labute approximate surface area is 70.5 Å². The van der Waals surface area contributed by atoms with Crippen LogP contribution in [0.25, 0.3) is 0 Å². The lowest BCUT2D eigenvalue weighted by Crippen LogP contribution is -2.38. The van der Waals surface area contributed by atoms with Crippen molar-refractivity contribution in [2.75, 3.05) is 6.61 Å². The van der Waals surface area contributed by atoms with Crippen LogP contribution in [0.15, 0.2) is 0 Å². The van der Waals surface area contributed by atoms with Gasteiger partial charge in [-0.1, -0.05) is 0 Å². The van der Waals surface area contributed by atoms with Gasteiger partial charge in [0.1, 0.15) is 6.04 Å². The van der Waals surface area contributed by atoms with Gasteiger partial charge in [-0.25, -0.2) is 0 Å². The van der Waals surface area contributed by atoms with Gasteiger partial charge in [0.05, 0.1) is 6.61 Å². The summed E-state index contributed by atoms with van der Waals surface area (Å²) in [7, 11) is 0. The fourth-order valence-electron chi connectivity index (χ4n) is 0.411. The molecule has 64 valence electrons. The molecule has 0 aliphatic heterocycles. The molecule has 0 radical (unpaired) electrons. The lowest BCUT2D eigenvalue weighted by molar-refractivity contribution is -0.138. The third-order valence-corrected chi connectivity index (χ3v) is 1.22. The Hall–Kier alpha value is -0.840. The molecule has 0 spiro atoms. The summed E-state index contributed by atoms with van der Waals surface area (Å²) in [6.45, 7) is 3.71. The van der Waals surface area contributed by atoms with Crippen LogP contribution in [0.2, 0.25) is 0 Å². The van der Waals surface area contributed by atoms with E-state index in [1.807, 2.05) is 0 Å². The summed E-state index contributed by atoms with van der Waals surface area (Å²) in [6.07, 6.45) is 0. The fraction of sp³-hybridized carbons (Fsp3) is 0.667. The van der Waals surface area contributed by atoms with Crippen molar-refractivity contribution in [3.8, 4) is 0 Å². The second-order valence-electron chi connectivity index (χ2n) is 1.92. The van der Waals surface area contributed by atoms with Crippen molar-refractivity contribution in [2.24, 2.45) is 0 Å². The number of carbonyl (C=O) groups is 1. The summed E-state index contributed by atoms with van der Waals surface area (Å²) < 4.78 is 4.82. The van der Waals surface area contributed by atoms with E-state index in [-0.39, 0.29) is 5.17 Å². The minimum absolute atomic E-state index is 0.127. The van der Waals surface area contributed by atoms with Gasteiger partial charge < -0.3 is 15.2 Å². The monoisotopic (exact) mass is 177 g/mol. The van der Waals surface area contributed by atoms with E-state index in [1.165, 1.54) is 6.92 Å². The molecule has 0 bridgehead atoms. The van der Waals surface area contributed by atoms with Crippen LogP contribution in [0.4, 0.5) is 0 Å². The van der Waals surface area contributed by atoms with Crippen molar-refractivity contribution >= 4 is 23.4 Å². The van der Waals surface area contributed by atoms with Gasteiger partial charge in [-0.05, 0) is 26.1 Å². The van der Waals surface area contributed by atoms with Crippen molar-refractivity contribution in [3.63, 3.8) is 0 Å². The van der Waals surface area contributed by atoms with E-state index in [0.717, 1.165) is 0 Å². The zero-order valence-electron chi connectivity index (χ0n) is 6.46. The molecule has 0 heterocycles. The second-order valence-corrected chi connectivity index (χ2v) is 2.30. The predicted octanol–water partition coefficient (Wildman–Crippen LogP) is 0.371. The molecular formula is C6H11NO3S. The maximum Gasteiger partial charge on any atom is 0.325 e. The first-order valence-corrected chi connectivity index (χ1v) is 3.64.